The fourth-order valence-electron chi connectivity index (χ4n) is 1.48. The van der Waals surface area contributed by atoms with Crippen molar-refractivity contribution in [3.8, 4) is 0 Å². The third-order valence-electron chi connectivity index (χ3n) is 2.34. The number of primary amides is 1. The van der Waals surface area contributed by atoms with Crippen molar-refractivity contribution in [1.29, 1.82) is 0 Å². The third-order valence-corrected chi connectivity index (χ3v) is 2.57. The smallest absolute Gasteiger partial charge is 0.286 e. The molecule has 2 rings (SSSR count). The number of carbonyl (C=O) groups is 2. The minimum Gasteiger partial charge on any atom is -0.363 e. The fraction of sp³-hybridized carbons (Fsp3) is 0.100. The van der Waals surface area contributed by atoms with Crippen LogP contribution < -0.4 is 11.2 Å². The van der Waals surface area contributed by atoms with Gasteiger partial charge in [-0.05, 0) is 18.2 Å². The molecule has 1 aromatic rings. The highest BCUT2D eigenvalue weighted by Crippen LogP contribution is 2.23. The van der Waals surface area contributed by atoms with Crippen molar-refractivity contribution in [2.24, 2.45) is 10.8 Å². The summed E-state index contributed by atoms with van der Waals surface area (Å²) in [5, 5.41) is 4.21. The van der Waals surface area contributed by atoms with Gasteiger partial charge in [-0.1, -0.05) is 11.6 Å². The molecule has 0 atom stereocenters. The van der Waals surface area contributed by atoms with Gasteiger partial charge in [0.05, 0.1) is 11.3 Å². The van der Waals surface area contributed by atoms with Gasteiger partial charge in [-0.25, -0.2) is 0 Å². The standard InChI is InChI=1S/C10H9ClN4O2/c1-15-9(8(12)16)14-13-7-3-2-5(11)4-6(7)10(15)17/h2-4,13H,1H3,(H2,12,16). The molecule has 0 saturated carbocycles. The number of nitrogens with zero attached hydrogens (tertiary/aromatic N) is 2. The molecule has 17 heavy (non-hydrogen) atoms. The number of halogens is 1. The summed E-state index contributed by atoms with van der Waals surface area (Å²) in [6, 6.07) is 4.73. The number of fused-ring (bicyclic) bond motifs is 1. The molecular weight excluding hydrogens is 244 g/mol. The van der Waals surface area contributed by atoms with Crippen molar-refractivity contribution in [3.05, 3.63) is 28.8 Å². The minimum absolute atomic E-state index is 0.151. The van der Waals surface area contributed by atoms with Crippen molar-refractivity contribution in [2.75, 3.05) is 12.5 Å². The van der Waals surface area contributed by atoms with E-state index in [1.807, 2.05) is 0 Å². The summed E-state index contributed by atoms with van der Waals surface area (Å²) in [6.45, 7) is 0. The first-order chi connectivity index (χ1) is 8.00. The SMILES string of the molecule is CN1C(=O)c2cc(Cl)ccc2NN=C1C(N)=O. The maximum absolute atomic E-state index is 12.0. The van der Waals surface area contributed by atoms with Gasteiger partial charge >= 0.3 is 0 Å². The van der Waals surface area contributed by atoms with Gasteiger partial charge in [-0.3, -0.25) is 19.9 Å². The first kappa shape index (κ1) is 11.4. The fourth-order valence-corrected chi connectivity index (χ4v) is 1.65. The maximum Gasteiger partial charge on any atom is 0.286 e. The molecule has 1 aromatic carbocycles. The Morgan fingerprint density at radius 2 is 2.24 bits per heavy atom. The molecule has 88 valence electrons. The zero-order chi connectivity index (χ0) is 12.6. The predicted octanol–water partition coefficient (Wildman–Crippen LogP) is 0.636. The van der Waals surface area contributed by atoms with Crippen LogP contribution in [0.2, 0.25) is 5.02 Å². The van der Waals surface area contributed by atoms with E-state index in [0.29, 0.717) is 16.3 Å². The molecule has 1 aliphatic heterocycles. The summed E-state index contributed by atoms with van der Waals surface area (Å²) >= 11 is 5.81. The largest absolute Gasteiger partial charge is 0.363 e. The Labute approximate surface area is 102 Å². The lowest BCUT2D eigenvalue weighted by molar-refractivity contribution is -0.112. The van der Waals surface area contributed by atoms with Gasteiger partial charge in [0, 0.05) is 12.1 Å². The number of likely N-dealkylation sites (N-methyl/N-ethyl adjacent to an activating group) is 1. The maximum atomic E-state index is 12.0. The molecule has 0 spiro atoms. The summed E-state index contributed by atoms with van der Waals surface area (Å²) in [7, 11) is 1.42. The van der Waals surface area contributed by atoms with E-state index in [-0.39, 0.29) is 5.84 Å². The van der Waals surface area contributed by atoms with Gasteiger partial charge in [-0.15, -0.1) is 0 Å². The van der Waals surface area contributed by atoms with Gasteiger partial charge in [0.25, 0.3) is 11.8 Å². The molecule has 0 fully saturated rings. The van der Waals surface area contributed by atoms with E-state index in [1.165, 1.54) is 13.1 Å². The Bertz CT molecular complexity index is 541. The zero-order valence-corrected chi connectivity index (χ0v) is 9.65. The number of anilines is 1. The summed E-state index contributed by atoms with van der Waals surface area (Å²) < 4.78 is 0. The molecule has 7 heteroatoms. The van der Waals surface area contributed by atoms with Crippen LogP contribution in [0.5, 0.6) is 0 Å². The highest BCUT2D eigenvalue weighted by Gasteiger charge is 2.26. The minimum atomic E-state index is -0.785. The van der Waals surface area contributed by atoms with Crippen LogP contribution in [-0.4, -0.2) is 29.6 Å². The molecule has 0 saturated heterocycles. The lowest BCUT2D eigenvalue weighted by Crippen LogP contribution is -2.41. The Hall–Kier alpha value is -2.08. The second kappa shape index (κ2) is 4.06. The monoisotopic (exact) mass is 252 g/mol. The number of hydrazone groups is 1. The van der Waals surface area contributed by atoms with Crippen molar-refractivity contribution < 1.29 is 9.59 Å². The number of amides is 2. The quantitative estimate of drug-likeness (QED) is 0.769. The van der Waals surface area contributed by atoms with Crippen LogP contribution in [0.15, 0.2) is 23.3 Å². The highest BCUT2D eigenvalue weighted by molar-refractivity contribution is 6.41. The van der Waals surface area contributed by atoms with E-state index < -0.39 is 11.8 Å². The highest BCUT2D eigenvalue weighted by atomic mass is 35.5. The van der Waals surface area contributed by atoms with Crippen molar-refractivity contribution >= 4 is 34.9 Å². The Morgan fingerprint density at radius 3 is 2.88 bits per heavy atom. The topological polar surface area (TPSA) is 87.8 Å². The Kier molecular flexibility index (Phi) is 2.72. The van der Waals surface area contributed by atoms with Crippen molar-refractivity contribution in [1.82, 2.24) is 4.90 Å². The lowest BCUT2D eigenvalue weighted by atomic mass is 10.1. The van der Waals surface area contributed by atoms with Crippen LogP contribution in [0.4, 0.5) is 5.69 Å². The van der Waals surface area contributed by atoms with E-state index in [4.69, 9.17) is 17.3 Å². The molecule has 3 N–H and O–H groups in total. The Morgan fingerprint density at radius 1 is 1.53 bits per heavy atom. The number of nitrogens with two attached hydrogens (primary N) is 1. The Balaban J connectivity index is 2.53. The lowest BCUT2D eigenvalue weighted by Gasteiger charge is -2.14. The summed E-state index contributed by atoms with van der Waals surface area (Å²) in [5.41, 5.74) is 8.54. The molecule has 0 unspecified atom stereocenters. The van der Waals surface area contributed by atoms with Crippen LogP contribution in [0.1, 0.15) is 10.4 Å². The van der Waals surface area contributed by atoms with Crippen LogP contribution in [0.3, 0.4) is 0 Å². The van der Waals surface area contributed by atoms with Crippen molar-refractivity contribution in [2.45, 2.75) is 0 Å². The van der Waals surface area contributed by atoms with Gasteiger partial charge in [0.1, 0.15) is 0 Å². The van der Waals surface area contributed by atoms with E-state index in [9.17, 15) is 9.59 Å². The molecule has 0 aliphatic carbocycles. The van der Waals surface area contributed by atoms with Gasteiger partial charge in [0.15, 0.2) is 0 Å². The molecule has 0 radical (unpaired) electrons. The number of benzene rings is 1. The van der Waals surface area contributed by atoms with Crippen LogP contribution in [-0.2, 0) is 4.79 Å². The van der Waals surface area contributed by atoms with Crippen LogP contribution in [0.25, 0.3) is 0 Å². The third kappa shape index (κ3) is 1.94. The van der Waals surface area contributed by atoms with Gasteiger partial charge in [-0.2, -0.15) is 5.10 Å². The molecular formula is C10H9ClN4O2. The number of hydrogen-bond donors (Lipinski definition) is 2. The number of amidine groups is 1. The number of carbonyl (C=O) groups excluding carboxylic acids is 2. The second-order valence-corrected chi connectivity index (χ2v) is 3.90. The predicted molar refractivity (Wildman–Crippen MR) is 63.8 cm³/mol. The van der Waals surface area contributed by atoms with Crippen LogP contribution in [0, 0.1) is 0 Å². The second-order valence-electron chi connectivity index (χ2n) is 3.47. The normalized spacial score (nSPS) is 14.6. The molecule has 0 aromatic heterocycles. The van der Waals surface area contributed by atoms with Crippen molar-refractivity contribution in [3.63, 3.8) is 0 Å². The molecule has 1 aliphatic rings. The average molecular weight is 253 g/mol. The summed E-state index contributed by atoms with van der Waals surface area (Å²) in [5.74, 6) is -1.33. The molecule has 2 amide bonds. The number of rotatable bonds is 1. The average Bonchev–Trinajstić information content (AvgIpc) is 2.39. The van der Waals surface area contributed by atoms with E-state index in [0.717, 1.165) is 4.90 Å². The summed E-state index contributed by atoms with van der Waals surface area (Å²) in [6.07, 6.45) is 0. The summed E-state index contributed by atoms with van der Waals surface area (Å²) in [4.78, 5) is 24.2. The number of hydrogen-bond acceptors (Lipinski definition) is 4. The van der Waals surface area contributed by atoms with E-state index >= 15 is 0 Å². The molecule has 1 heterocycles. The van der Waals surface area contributed by atoms with Gasteiger partial charge < -0.3 is 5.73 Å². The first-order valence-corrected chi connectivity index (χ1v) is 5.09. The number of nitrogens with one attached hydrogen (secondary N) is 1. The van der Waals surface area contributed by atoms with E-state index in [1.54, 1.807) is 12.1 Å². The van der Waals surface area contributed by atoms with Crippen LogP contribution >= 0.6 is 11.6 Å². The zero-order valence-electron chi connectivity index (χ0n) is 8.90. The first-order valence-electron chi connectivity index (χ1n) is 4.72. The molecule has 0 bridgehead atoms. The molecule has 6 nitrogen and oxygen atoms in total. The van der Waals surface area contributed by atoms with Gasteiger partial charge in [0.2, 0.25) is 5.84 Å². The van der Waals surface area contributed by atoms with E-state index in [2.05, 4.69) is 10.5 Å².